The Morgan fingerprint density at radius 3 is 2.67 bits per heavy atom. The average molecular weight is 244 g/mol. The van der Waals surface area contributed by atoms with Crippen LogP contribution in [0.1, 0.15) is 11.1 Å². The van der Waals surface area contributed by atoms with Crippen LogP contribution >= 0.6 is 0 Å². The second kappa shape index (κ2) is 5.40. The van der Waals surface area contributed by atoms with Crippen molar-refractivity contribution in [2.24, 2.45) is 0 Å². The summed E-state index contributed by atoms with van der Waals surface area (Å²) in [5.74, 6) is 1.25. The number of hydrogen-bond donors (Lipinski definition) is 2. The maximum atomic E-state index is 11.3. The summed E-state index contributed by atoms with van der Waals surface area (Å²) in [6, 6.07) is 11.3. The Labute approximate surface area is 105 Å². The average Bonchev–Trinajstić information content (AvgIpc) is 2.35. The zero-order valence-electron chi connectivity index (χ0n) is 10.3. The number of methoxy groups -OCH3 is 1. The highest BCUT2D eigenvalue weighted by Crippen LogP contribution is 2.14. The van der Waals surface area contributed by atoms with E-state index in [0.717, 1.165) is 24.2 Å². The number of nitrogens with two attached hydrogens (primary N) is 1. The quantitative estimate of drug-likeness (QED) is 0.861. The minimum Gasteiger partial charge on any atom is -0.497 e. The predicted molar refractivity (Wildman–Crippen MR) is 71.9 cm³/mol. The van der Waals surface area contributed by atoms with E-state index < -0.39 is 0 Å². The van der Waals surface area contributed by atoms with Crippen molar-refractivity contribution in [3.63, 3.8) is 0 Å². The maximum absolute atomic E-state index is 11.3. The molecule has 1 heterocycles. The van der Waals surface area contributed by atoms with Crippen LogP contribution in [0.15, 0.2) is 41.2 Å². The third-order valence-electron chi connectivity index (χ3n) is 2.76. The standard InChI is InChI=1S/C14H16N2O2/c1-18-12-4-2-3-10(7-12)5-6-11-8-13(15)16-14(17)9-11/h2-4,7-9H,5-6H2,1H3,(H3,15,16,17). The van der Waals surface area contributed by atoms with E-state index in [1.165, 1.54) is 5.56 Å². The summed E-state index contributed by atoms with van der Waals surface area (Å²) in [4.78, 5) is 13.8. The van der Waals surface area contributed by atoms with Gasteiger partial charge in [0.05, 0.1) is 7.11 Å². The summed E-state index contributed by atoms with van der Waals surface area (Å²) >= 11 is 0. The molecule has 0 fully saturated rings. The largest absolute Gasteiger partial charge is 0.497 e. The molecule has 94 valence electrons. The van der Waals surface area contributed by atoms with Crippen molar-refractivity contribution in [2.45, 2.75) is 12.8 Å². The molecule has 18 heavy (non-hydrogen) atoms. The monoisotopic (exact) mass is 244 g/mol. The second-order valence-corrected chi connectivity index (χ2v) is 4.16. The minimum absolute atomic E-state index is 0.157. The molecule has 0 saturated carbocycles. The summed E-state index contributed by atoms with van der Waals surface area (Å²) in [5.41, 5.74) is 7.56. The van der Waals surface area contributed by atoms with E-state index in [9.17, 15) is 4.79 Å². The van der Waals surface area contributed by atoms with Gasteiger partial charge < -0.3 is 15.5 Å². The van der Waals surface area contributed by atoms with Gasteiger partial charge >= 0.3 is 0 Å². The fourth-order valence-corrected chi connectivity index (χ4v) is 1.89. The van der Waals surface area contributed by atoms with E-state index in [-0.39, 0.29) is 5.56 Å². The van der Waals surface area contributed by atoms with E-state index in [1.54, 1.807) is 19.2 Å². The van der Waals surface area contributed by atoms with E-state index in [4.69, 9.17) is 10.5 Å². The molecular formula is C14H16N2O2. The smallest absolute Gasteiger partial charge is 0.249 e. The number of pyridine rings is 1. The first kappa shape index (κ1) is 12.2. The summed E-state index contributed by atoms with van der Waals surface area (Å²) in [6.07, 6.45) is 1.63. The van der Waals surface area contributed by atoms with Gasteiger partial charge in [0.25, 0.3) is 0 Å². The molecule has 0 saturated heterocycles. The lowest BCUT2D eigenvalue weighted by atomic mass is 10.1. The van der Waals surface area contributed by atoms with Crippen LogP contribution in [-0.4, -0.2) is 12.1 Å². The number of anilines is 1. The van der Waals surface area contributed by atoms with Gasteiger partial charge in [0, 0.05) is 6.07 Å². The number of rotatable bonds is 4. The number of benzene rings is 1. The molecule has 0 aliphatic carbocycles. The molecule has 0 unspecified atom stereocenters. The predicted octanol–water partition coefficient (Wildman–Crippen LogP) is 1.75. The second-order valence-electron chi connectivity index (χ2n) is 4.16. The normalized spacial score (nSPS) is 10.3. The first-order valence-corrected chi connectivity index (χ1v) is 5.79. The van der Waals surface area contributed by atoms with E-state index in [0.29, 0.717) is 5.82 Å². The summed E-state index contributed by atoms with van der Waals surface area (Å²) in [7, 11) is 1.65. The van der Waals surface area contributed by atoms with Crippen molar-refractivity contribution in [3.8, 4) is 5.75 Å². The van der Waals surface area contributed by atoms with Crippen LogP contribution in [0, 0.1) is 0 Å². The molecule has 0 spiro atoms. The Balaban J connectivity index is 2.08. The molecule has 2 rings (SSSR count). The van der Waals surface area contributed by atoms with Gasteiger partial charge in [0.1, 0.15) is 11.6 Å². The number of hydrogen-bond acceptors (Lipinski definition) is 3. The van der Waals surface area contributed by atoms with Crippen molar-refractivity contribution < 1.29 is 4.74 Å². The number of nitrogens with one attached hydrogen (secondary N) is 1. The Bertz CT molecular complexity index is 590. The van der Waals surface area contributed by atoms with Crippen LogP contribution in [-0.2, 0) is 12.8 Å². The molecule has 0 aliphatic rings. The van der Waals surface area contributed by atoms with E-state index in [1.807, 2.05) is 24.3 Å². The van der Waals surface area contributed by atoms with Gasteiger partial charge in [-0.25, -0.2) is 0 Å². The maximum Gasteiger partial charge on any atom is 0.249 e. The number of aryl methyl sites for hydroxylation is 2. The van der Waals surface area contributed by atoms with Gasteiger partial charge in [0.2, 0.25) is 5.56 Å². The minimum atomic E-state index is -0.157. The summed E-state index contributed by atoms with van der Waals surface area (Å²) < 4.78 is 5.17. The van der Waals surface area contributed by atoms with Crippen LogP contribution in [0.2, 0.25) is 0 Å². The van der Waals surface area contributed by atoms with Gasteiger partial charge in [-0.15, -0.1) is 0 Å². The molecular weight excluding hydrogens is 228 g/mol. The van der Waals surface area contributed by atoms with Gasteiger partial charge in [-0.3, -0.25) is 4.79 Å². The SMILES string of the molecule is COc1cccc(CCc2cc(N)[nH]c(=O)c2)c1. The number of H-pyrrole nitrogens is 1. The molecule has 3 N–H and O–H groups in total. The third-order valence-corrected chi connectivity index (χ3v) is 2.76. The van der Waals surface area contributed by atoms with Crippen LogP contribution in [0.25, 0.3) is 0 Å². The van der Waals surface area contributed by atoms with Crippen LogP contribution in [0.3, 0.4) is 0 Å². The van der Waals surface area contributed by atoms with Crippen LogP contribution < -0.4 is 16.0 Å². The topological polar surface area (TPSA) is 68.1 Å². The van der Waals surface area contributed by atoms with Crippen LogP contribution in [0.5, 0.6) is 5.75 Å². The molecule has 0 atom stereocenters. The zero-order valence-corrected chi connectivity index (χ0v) is 10.3. The zero-order chi connectivity index (χ0) is 13.0. The first-order chi connectivity index (χ1) is 8.67. The Morgan fingerprint density at radius 1 is 1.17 bits per heavy atom. The molecule has 4 heteroatoms. The fourth-order valence-electron chi connectivity index (χ4n) is 1.89. The Hall–Kier alpha value is -2.23. The Kier molecular flexibility index (Phi) is 3.67. The molecule has 2 aromatic rings. The van der Waals surface area contributed by atoms with Gasteiger partial charge in [-0.1, -0.05) is 12.1 Å². The van der Waals surface area contributed by atoms with Gasteiger partial charge in [0.15, 0.2) is 0 Å². The molecule has 0 radical (unpaired) electrons. The van der Waals surface area contributed by atoms with Crippen LogP contribution in [0.4, 0.5) is 5.82 Å². The molecule has 4 nitrogen and oxygen atoms in total. The van der Waals surface area contributed by atoms with Crippen molar-refractivity contribution >= 4 is 5.82 Å². The highest BCUT2D eigenvalue weighted by Gasteiger charge is 2.00. The summed E-state index contributed by atoms with van der Waals surface area (Å²) in [6.45, 7) is 0. The van der Waals surface area contributed by atoms with E-state index >= 15 is 0 Å². The summed E-state index contributed by atoms with van der Waals surface area (Å²) in [5, 5.41) is 0. The lowest BCUT2D eigenvalue weighted by Crippen LogP contribution is -2.09. The fraction of sp³-hybridized carbons (Fsp3) is 0.214. The lowest BCUT2D eigenvalue weighted by Gasteiger charge is -2.05. The molecule has 0 bridgehead atoms. The molecule has 0 amide bonds. The molecule has 1 aromatic heterocycles. The van der Waals surface area contributed by atoms with Crippen molar-refractivity contribution in [2.75, 3.05) is 12.8 Å². The van der Waals surface area contributed by atoms with Crippen molar-refractivity contribution in [1.29, 1.82) is 0 Å². The first-order valence-electron chi connectivity index (χ1n) is 5.79. The van der Waals surface area contributed by atoms with Crippen molar-refractivity contribution in [1.82, 2.24) is 4.98 Å². The van der Waals surface area contributed by atoms with Gasteiger partial charge in [-0.05, 0) is 42.2 Å². The Morgan fingerprint density at radius 2 is 1.94 bits per heavy atom. The number of aromatic amines is 1. The number of aromatic nitrogens is 1. The molecule has 1 aromatic carbocycles. The third kappa shape index (κ3) is 3.13. The molecule has 0 aliphatic heterocycles. The van der Waals surface area contributed by atoms with Gasteiger partial charge in [-0.2, -0.15) is 0 Å². The van der Waals surface area contributed by atoms with E-state index in [2.05, 4.69) is 4.98 Å². The van der Waals surface area contributed by atoms with Crippen molar-refractivity contribution in [3.05, 3.63) is 57.9 Å². The number of ether oxygens (including phenoxy) is 1. The highest BCUT2D eigenvalue weighted by molar-refractivity contribution is 5.33. The highest BCUT2D eigenvalue weighted by atomic mass is 16.5. The number of nitrogen functional groups attached to an aromatic ring is 1. The lowest BCUT2D eigenvalue weighted by molar-refractivity contribution is 0.414.